The normalized spacial score (nSPS) is 10.5. The third-order valence-electron chi connectivity index (χ3n) is 4.38. The Morgan fingerprint density at radius 1 is 0.581 bits per heavy atom. The third-order valence-corrected chi connectivity index (χ3v) is 4.75. The average molecular weight is 442 g/mol. The van der Waals surface area contributed by atoms with Gasteiger partial charge in [0.2, 0.25) is 0 Å². The van der Waals surface area contributed by atoms with Crippen molar-refractivity contribution in [1.82, 2.24) is 0 Å². The minimum atomic E-state index is -0.809. The van der Waals surface area contributed by atoms with E-state index in [-0.39, 0.29) is 27.1 Å². The summed E-state index contributed by atoms with van der Waals surface area (Å²) in [5, 5.41) is 45.2. The molecule has 156 valence electrons. The molecule has 3 aromatic carbocycles. The SMILES string of the molecule is O=[N+]([O-])c1ccc(-c2cccc(S)c2-c2ccc([N+](=O)[O-])cc2[N+](=O)[O-])c([N+](=O)[O-])c1. The molecule has 0 aromatic heterocycles. The Labute approximate surface area is 177 Å². The Morgan fingerprint density at radius 2 is 1.06 bits per heavy atom. The van der Waals surface area contributed by atoms with Crippen molar-refractivity contribution in [1.29, 1.82) is 0 Å². The molecule has 0 bridgehead atoms. The Kier molecular flexibility index (Phi) is 5.61. The lowest BCUT2D eigenvalue weighted by Crippen LogP contribution is -1.99. The number of nitro benzene ring substituents is 4. The molecule has 0 saturated heterocycles. The molecule has 0 heterocycles. The van der Waals surface area contributed by atoms with Gasteiger partial charge in [0.1, 0.15) is 0 Å². The summed E-state index contributed by atoms with van der Waals surface area (Å²) in [6.07, 6.45) is 0. The highest BCUT2D eigenvalue weighted by Gasteiger charge is 2.27. The second-order valence-corrected chi connectivity index (χ2v) is 6.61. The molecule has 0 saturated carbocycles. The second kappa shape index (κ2) is 8.16. The first-order valence-electron chi connectivity index (χ1n) is 8.30. The highest BCUT2D eigenvalue weighted by atomic mass is 32.1. The van der Waals surface area contributed by atoms with Crippen LogP contribution in [-0.4, -0.2) is 19.7 Å². The van der Waals surface area contributed by atoms with Crippen molar-refractivity contribution in [3.05, 3.63) is 95.1 Å². The Morgan fingerprint density at radius 3 is 1.55 bits per heavy atom. The number of nitrogens with zero attached hydrogens (tertiary/aromatic N) is 4. The fourth-order valence-electron chi connectivity index (χ4n) is 3.06. The van der Waals surface area contributed by atoms with Gasteiger partial charge in [-0.15, -0.1) is 12.6 Å². The van der Waals surface area contributed by atoms with E-state index in [2.05, 4.69) is 12.6 Å². The van der Waals surface area contributed by atoms with E-state index in [0.717, 1.165) is 30.3 Å². The number of non-ortho nitro benzene ring substituents is 2. The molecule has 0 unspecified atom stereocenters. The predicted molar refractivity (Wildman–Crippen MR) is 111 cm³/mol. The minimum absolute atomic E-state index is 0.0332. The molecule has 3 rings (SSSR count). The van der Waals surface area contributed by atoms with Crippen LogP contribution in [0.1, 0.15) is 0 Å². The van der Waals surface area contributed by atoms with Crippen molar-refractivity contribution in [3.63, 3.8) is 0 Å². The predicted octanol–water partition coefficient (Wildman–Crippen LogP) is 4.94. The largest absolute Gasteiger partial charge is 0.284 e. The maximum absolute atomic E-state index is 11.6. The maximum Gasteiger partial charge on any atom is 0.284 e. The van der Waals surface area contributed by atoms with E-state index in [0.29, 0.717) is 0 Å². The summed E-state index contributed by atoms with van der Waals surface area (Å²) in [6, 6.07) is 10.5. The van der Waals surface area contributed by atoms with Crippen LogP contribution in [0.2, 0.25) is 0 Å². The van der Waals surface area contributed by atoms with E-state index in [1.54, 1.807) is 0 Å². The van der Waals surface area contributed by atoms with Crippen LogP contribution in [0.3, 0.4) is 0 Å². The van der Waals surface area contributed by atoms with E-state index in [1.807, 2.05) is 0 Å². The van der Waals surface area contributed by atoms with Crippen molar-refractivity contribution >= 4 is 35.4 Å². The molecule has 0 fully saturated rings. The van der Waals surface area contributed by atoms with Gasteiger partial charge in [-0.05, 0) is 23.8 Å². The number of hydrogen-bond acceptors (Lipinski definition) is 9. The van der Waals surface area contributed by atoms with E-state index >= 15 is 0 Å². The van der Waals surface area contributed by atoms with Gasteiger partial charge in [-0.2, -0.15) is 0 Å². The molecule has 0 N–H and O–H groups in total. The van der Waals surface area contributed by atoms with Crippen LogP contribution in [0, 0.1) is 40.5 Å². The summed E-state index contributed by atoms with van der Waals surface area (Å²) in [5.41, 5.74) is -2.01. The van der Waals surface area contributed by atoms with Gasteiger partial charge >= 0.3 is 0 Å². The third kappa shape index (κ3) is 4.02. The van der Waals surface area contributed by atoms with Crippen molar-refractivity contribution < 1.29 is 19.7 Å². The Balaban J connectivity index is 2.37. The molecule has 31 heavy (non-hydrogen) atoms. The summed E-state index contributed by atoms with van der Waals surface area (Å²) in [7, 11) is 0. The molecule has 0 aliphatic heterocycles. The van der Waals surface area contributed by atoms with E-state index in [9.17, 15) is 40.5 Å². The maximum atomic E-state index is 11.6. The summed E-state index contributed by atoms with van der Waals surface area (Å²) in [5.74, 6) is 0. The Hall–Kier alpha value is -4.39. The van der Waals surface area contributed by atoms with E-state index in [1.165, 1.54) is 24.3 Å². The molecule has 0 spiro atoms. The van der Waals surface area contributed by atoms with Gasteiger partial charge in [0, 0.05) is 22.6 Å². The van der Waals surface area contributed by atoms with E-state index in [4.69, 9.17) is 0 Å². The highest BCUT2D eigenvalue weighted by molar-refractivity contribution is 7.80. The Bertz CT molecular complexity index is 1280. The van der Waals surface area contributed by atoms with E-state index < -0.39 is 42.4 Å². The molecule has 12 nitrogen and oxygen atoms in total. The molecule has 0 atom stereocenters. The van der Waals surface area contributed by atoms with Crippen LogP contribution in [-0.2, 0) is 0 Å². The molecular weight excluding hydrogens is 432 g/mol. The fourth-order valence-corrected chi connectivity index (χ4v) is 3.38. The lowest BCUT2D eigenvalue weighted by Gasteiger charge is -2.13. The molecule has 0 aliphatic carbocycles. The van der Waals surface area contributed by atoms with Crippen molar-refractivity contribution in [2.75, 3.05) is 0 Å². The van der Waals surface area contributed by atoms with Crippen LogP contribution in [0.5, 0.6) is 0 Å². The number of thiol groups is 1. The second-order valence-electron chi connectivity index (χ2n) is 6.13. The van der Waals surface area contributed by atoms with Crippen molar-refractivity contribution in [2.45, 2.75) is 4.90 Å². The zero-order valence-corrected chi connectivity index (χ0v) is 16.1. The molecule has 0 aliphatic rings. The molecule has 13 heteroatoms. The number of benzene rings is 3. The first-order valence-corrected chi connectivity index (χ1v) is 8.75. The van der Waals surface area contributed by atoms with Crippen LogP contribution in [0.15, 0.2) is 59.5 Å². The molecule has 0 radical (unpaired) electrons. The highest BCUT2D eigenvalue weighted by Crippen LogP contribution is 2.44. The van der Waals surface area contributed by atoms with Gasteiger partial charge in [-0.25, -0.2) is 0 Å². The summed E-state index contributed by atoms with van der Waals surface area (Å²) >= 11 is 4.32. The van der Waals surface area contributed by atoms with Crippen LogP contribution in [0.4, 0.5) is 22.7 Å². The smallest absolute Gasteiger partial charge is 0.258 e. The van der Waals surface area contributed by atoms with Gasteiger partial charge in [0.15, 0.2) is 0 Å². The number of hydrogen-bond donors (Lipinski definition) is 1. The number of rotatable bonds is 6. The average Bonchev–Trinajstić information content (AvgIpc) is 2.72. The van der Waals surface area contributed by atoms with Gasteiger partial charge in [-0.3, -0.25) is 40.5 Å². The molecular formula is C18H10N4O8S. The first kappa shape index (κ1) is 21.3. The standard InChI is InChI=1S/C18H10N4O8S/c23-19(24)10-4-6-12(15(8-10)21(27)28)13-2-1-3-17(31)18(13)14-7-5-11(20(25)26)9-16(14)22(29)30/h1-9,31H. The topological polar surface area (TPSA) is 173 Å². The van der Waals surface area contributed by atoms with Crippen molar-refractivity contribution in [3.8, 4) is 22.3 Å². The van der Waals surface area contributed by atoms with Crippen LogP contribution < -0.4 is 0 Å². The monoisotopic (exact) mass is 442 g/mol. The molecule has 0 amide bonds. The zero-order chi connectivity index (χ0) is 22.9. The summed E-state index contributed by atoms with van der Waals surface area (Å²) < 4.78 is 0. The zero-order valence-electron chi connectivity index (χ0n) is 15.2. The van der Waals surface area contributed by atoms with Crippen molar-refractivity contribution in [2.24, 2.45) is 0 Å². The van der Waals surface area contributed by atoms with Gasteiger partial charge in [-0.1, -0.05) is 12.1 Å². The lowest BCUT2D eigenvalue weighted by molar-refractivity contribution is -0.394. The van der Waals surface area contributed by atoms with Gasteiger partial charge in [0.25, 0.3) is 22.7 Å². The quantitative estimate of drug-likeness (QED) is 0.317. The van der Waals surface area contributed by atoms with Gasteiger partial charge in [0.05, 0.1) is 43.0 Å². The van der Waals surface area contributed by atoms with Gasteiger partial charge < -0.3 is 0 Å². The fraction of sp³-hybridized carbons (Fsp3) is 0. The summed E-state index contributed by atoms with van der Waals surface area (Å²) in [4.78, 5) is 42.2. The first-order chi connectivity index (χ1) is 14.6. The van der Waals surface area contributed by atoms with Crippen LogP contribution >= 0.6 is 12.6 Å². The lowest BCUT2D eigenvalue weighted by atomic mass is 9.92. The summed E-state index contributed by atoms with van der Waals surface area (Å²) in [6.45, 7) is 0. The molecule has 3 aromatic rings. The minimum Gasteiger partial charge on any atom is -0.258 e. The number of nitro groups is 4. The van der Waals surface area contributed by atoms with Crippen LogP contribution in [0.25, 0.3) is 22.3 Å².